The second-order valence-corrected chi connectivity index (χ2v) is 9.64. The molecule has 1 aromatic heterocycles. The van der Waals surface area contributed by atoms with Crippen LogP contribution in [0.4, 0.5) is 0 Å². The van der Waals surface area contributed by atoms with Gasteiger partial charge in [-0.25, -0.2) is 17.7 Å². The Labute approximate surface area is 181 Å². The van der Waals surface area contributed by atoms with Crippen LogP contribution in [0, 0.1) is 5.92 Å². The summed E-state index contributed by atoms with van der Waals surface area (Å²) in [5, 5.41) is 9.67. The summed E-state index contributed by atoms with van der Waals surface area (Å²) in [5.41, 5.74) is 2.64. The Bertz CT molecular complexity index is 1110. The third-order valence-electron chi connectivity index (χ3n) is 5.49. The Hall–Kier alpha value is -3.04. The number of hydrogen-bond acceptors (Lipinski definition) is 5. The van der Waals surface area contributed by atoms with Crippen LogP contribution in [0.2, 0.25) is 0 Å². The molecule has 4 rings (SSSR count). The summed E-state index contributed by atoms with van der Waals surface area (Å²) in [6.45, 7) is 1.15. The van der Waals surface area contributed by atoms with Gasteiger partial charge < -0.3 is 5.32 Å². The first-order chi connectivity index (χ1) is 15.0. The van der Waals surface area contributed by atoms with Crippen LogP contribution in [0.1, 0.15) is 24.0 Å². The number of piperidine rings is 1. The van der Waals surface area contributed by atoms with Gasteiger partial charge in [0.2, 0.25) is 15.9 Å². The smallest absolute Gasteiger partial charge is 0.223 e. The number of carbonyl (C=O) groups excluding carboxylic acids is 1. The van der Waals surface area contributed by atoms with Crippen LogP contribution < -0.4 is 5.32 Å². The lowest BCUT2D eigenvalue weighted by atomic mass is 9.97. The third kappa shape index (κ3) is 5.36. The van der Waals surface area contributed by atoms with Gasteiger partial charge in [-0.15, -0.1) is 0 Å². The third-order valence-corrected chi connectivity index (χ3v) is 7.34. The second-order valence-electron chi connectivity index (χ2n) is 7.67. The first kappa shape index (κ1) is 21.2. The van der Waals surface area contributed by atoms with E-state index in [-0.39, 0.29) is 17.6 Å². The summed E-state index contributed by atoms with van der Waals surface area (Å²) in [4.78, 5) is 16.8. The highest BCUT2D eigenvalue weighted by Gasteiger charge is 2.31. The van der Waals surface area contributed by atoms with Gasteiger partial charge in [-0.3, -0.25) is 9.89 Å². The summed E-state index contributed by atoms with van der Waals surface area (Å²) in [6.07, 6.45) is 2.51. The highest BCUT2D eigenvalue weighted by Crippen LogP contribution is 2.22. The van der Waals surface area contributed by atoms with Crippen LogP contribution in [0.25, 0.3) is 11.4 Å². The molecule has 1 fully saturated rings. The Morgan fingerprint density at radius 2 is 1.81 bits per heavy atom. The summed E-state index contributed by atoms with van der Waals surface area (Å²) >= 11 is 0. The fraction of sp³-hybridized carbons (Fsp3) is 0.318. The van der Waals surface area contributed by atoms with E-state index in [1.54, 1.807) is 0 Å². The van der Waals surface area contributed by atoms with Crippen LogP contribution in [0.3, 0.4) is 0 Å². The van der Waals surface area contributed by atoms with Crippen molar-refractivity contribution >= 4 is 15.9 Å². The average Bonchev–Trinajstić information content (AvgIpc) is 3.33. The molecular formula is C22H25N5O3S. The van der Waals surface area contributed by atoms with Crippen molar-refractivity contribution in [3.05, 3.63) is 72.1 Å². The zero-order valence-corrected chi connectivity index (χ0v) is 17.9. The zero-order valence-electron chi connectivity index (χ0n) is 17.1. The quantitative estimate of drug-likeness (QED) is 0.587. The van der Waals surface area contributed by atoms with Gasteiger partial charge in [0, 0.05) is 31.1 Å². The van der Waals surface area contributed by atoms with Crippen LogP contribution in [0.15, 0.2) is 60.9 Å². The molecule has 2 aromatic carbocycles. The molecule has 31 heavy (non-hydrogen) atoms. The largest absolute Gasteiger partial charge is 0.352 e. The van der Waals surface area contributed by atoms with Crippen molar-refractivity contribution in [1.82, 2.24) is 24.8 Å². The summed E-state index contributed by atoms with van der Waals surface area (Å²) in [5.74, 6) is 0.453. The van der Waals surface area contributed by atoms with E-state index in [4.69, 9.17) is 0 Å². The molecule has 2 heterocycles. The SMILES string of the molecule is O=C(NCc1cccc(-c2ncn[nH]2)c1)C1CCN(S(=O)(=O)Cc2ccccc2)CC1. The number of sulfonamides is 1. The predicted molar refractivity (Wildman–Crippen MR) is 117 cm³/mol. The minimum atomic E-state index is -3.38. The maximum atomic E-state index is 12.7. The van der Waals surface area contributed by atoms with Gasteiger partial charge in [0.05, 0.1) is 5.75 Å². The summed E-state index contributed by atoms with van der Waals surface area (Å²) < 4.78 is 26.9. The van der Waals surface area contributed by atoms with E-state index >= 15 is 0 Å². The van der Waals surface area contributed by atoms with Gasteiger partial charge >= 0.3 is 0 Å². The molecule has 0 aliphatic carbocycles. The number of nitrogens with one attached hydrogen (secondary N) is 2. The minimum absolute atomic E-state index is 0.00771. The molecule has 9 heteroatoms. The van der Waals surface area contributed by atoms with Gasteiger partial charge in [-0.1, -0.05) is 48.5 Å². The molecule has 0 bridgehead atoms. The Morgan fingerprint density at radius 1 is 1.06 bits per heavy atom. The highest BCUT2D eigenvalue weighted by atomic mass is 32.2. The monoisotopic (exact) mass is 439 g/mol. The van der Waals surface area contributed by atoms with Crippen molar-refractivity contribution in [2.45, 2.75) is 25.1 Å². The van der Waals surface area contributed by atoms with Gasteiger partial charge in [-0.05, 0) is 30.0 Å². The van der Waals surface area contributed by atoms with E-state index in [0.717, 1.165) is 16.7 Å². The molecule has 162 valence electrons. The molecule has 1 saturated heterocycles. The normalized spacial score (nSPS) is 15.6. The molecule has 3 aromatic rings. The molecule has 0 spiro atoms. The molecule has 2 N–H and O–H groups in total. The van der Waals surface area contributed by atoms with Gasteiger partial charge in [-0.2, -0.15) is 5.10 Å². The molecule has 1 aliphatic rings. The lowest BCUT2D eigenvalue weighted by Gasteiger charge is -2.30. The number of H-pyrrole nitrogens is 1. The number of amides is 1. The fourth-order valence-electron chi connectivity index (χ4n) is 3.78. The number of nitrogens with zero attached hydrogens (tertiary/aromatic N) is 3. The van der Waals surface area contributed by atoms with Crippen LogP contribution >= 0.6 is 0 Å². The average molecular weight is 440 g/mol. The molecule has 8 nitrogen and oxygen atoms in total. The lowest BCUT2D eigenvalue weighted by Crippen LogP contribution is -2.43. The molecule has 1 aliphatic heterocycles. The van der Waals surface area contributed by atoms with Crippen molar-refractivity contribution in [2.75, 3.05) is 13.1 Å². The van der Waals surface area contributed by atoms with Gasteiger partial charge in [0.15, 0.2) is 5.82 Å². The van der Waals surface area contributed by atoms with Gasteiger partial charge in [0.1, 0.15) is 6.33 Å². The number of aromatic amines is 1. The van der Waals surface area contributed by atoms with E-state index in [1.807, 2.05) is 54.6 Å². The fourth-order valence-corrected chi connectivity index (χ4v) is 5.34. The molecule has 0 unspecified atom stereocenters. The molecule has 0 atom stereocenters. The maximum absolute atomic E-state index is 12.7. The van der Waals surface area contributed by atoms with Crippen molar-refractivity contribution < 1.29 is 13.2 Å². The number of hydrogen-bond donors (Lipinski definition) is 2. The standard InChI is InChI=1S/C22H25N5O3S/c28-22(23-14-18-7-4-8-20(13-18)21-24-16-25-26-21)19-9-11-27(12-10-19)31(29,30)15-17-5-2-1-3-6-17/h1-8,13,16,19H,9-12,14-15H2,(H,23,28)(H,24,25,26). The van der Waals surface area contributed by atoms with Gasteiger partial charge in [0.25, 0.3) is 0 Å². The van der Waals surface area contributed by atoms with Crippen molar-refractivity contribution in [3.8, 4) is 11.4 Å². The topological polar surface area (TPSA) is 108 Å². The van der Waals surface area contributed by atoms with Crippen LogP contribution in [-0.4, -0.2) is 46.9 Å². The number of aromatic nitrogens is 3. The summed E-state index contributed by atoms with van der Waals surface area (Å²) in [6, 6.07) is 16.9. The van der Waals surface area contributed by atoms with E-state index in [0.29, 0.717) is 38.3 Å². The van der Waals surface area contributed by atoms with E-state index in [1.165, 1.54) is 10.6 Å². The molecule has 1 amide bonds. The minimum Gasteiger partial charge on any atom is -0.352 e. The van der Waals surface area contributed by atoms with E-state index < -0.39 is 10.0 Å². The highest BCUT2D eigenvalue weighted by molar-refractivity contribution is 7.88. The van der Waals surface area contributed by atoms with Crippen LogP contribution in [0.5, 0.6) is 0 Å². The van der Waals surface area contributed by atoms with E-state index in [2.05, 4.69) is 20.5 Å². The Kier molecular flexibility index (Phi) is 6.43. The Morgan fingerprint density at radius 3 is 2.52 bits per heavy atom. The predicted octanol–water partition coefficient (Wildman–Crippen LogP) is 2.33. The Balaban J connectivity index is 1.28. The van der Waals surface area contributed by atoms with E-state index in [9.17, 15) is 13.2 Å². The van der Waals surface area contributed by atoms with Crippen molar-refractivity contribution in [2.24, 2.45) is 5.92 Å². The number of rotatable bonds is 7. The number of benzene rings is 2. The van der Waals surface area contributed by atoms with Crippen molar-refractivity contribution in [1.29, 1.82) is 0 Å². The molecular weight excluding hydrogens is 414 g/mol. The zero-order chi connectivity index (χ0) is 21.7. The van der Waals surface area contributed by atoms with Crippen molar-refractivity contribution in [3.63, 3.8) is 0 Å². The maximum Gasteiger partial charge on any atom is 0.223 e. The second kappa shape index (κ2) is 9.40. The molecule has 0 radical (unpaired) electrons. The first-order valence-corrected chi connectivity index (χ1v) is 11.9. The summed E-state index contributed by atoms with van der Waals surface area (Å²) in [7, 11) is -3.38. The number of carbonyl (C=O) groups is 1. The molecule has 0 saturated carbocycles. The van der Waals surface area contributed by atoms with Crippen LogP contribution in [-0.2, 0) is 27.1 Å². The first-order valence-electron chi connectivity index (χ1n) is 10.3. The lowest BCUT2D eigenvalue weighted by molar-refractivity contribution is -0.126.